The molecule has 0 aromatic heterocycles. The van der Waals surface area contributed by atoms with Crippen LogP contribution in [0.4, 0.5) is 9.59 Å². The van der Waals surface area contributed by atoms with Crippen LogP contribution in [0.25, 0.3) is 0 Å². The number of likely N-dealkylation sites (tertiary alicyclic amines) is 1. The van der Waals surface area contributed by atoms with Gasteiger partial charge in [-0.1, -0.05) is 47.7 Å². The second-order valence-corrected chi connectivity index (χ2v) is 19.8. The largest absolute Gasteiger partial charge is 0.490 e. The molecule has 0 aliphatic carbocycles. The van der Waals surface area contributed by atoms with Crippen molar-refractivity contribution in [3.8, 4) is 11.5 Å². The fourth-order valence-corrected chi connectivity index (χ4v) is 6.19. The van der Waals surface area contributed by atoms with Crippen molar-refractivity contribution in [3.63, 3.8) is 0 Å². The average Bonchev–Trinajstić information content (AvgIpc) is 2.91. The van der Waals surface area contributed by atoms with Crippen LogP contribution in [-0.2, 0) is 29.0 Å². The van der Waals surface area contributed by atoms with Gasteiger partial charge in [-0.3, -0.25) is 0 Å². The highest BCUT2D eigenvalue weighted by Gasteiger charge is 2.28. The molecule has 1 saturated heterocycles. The van der Waals surface area contributed by atoms with E-state index in [1.54, 1.807) is 9.80 Å². The van der Waals surface area contributed by atoms with Gasteiger partial charge in [-0.15, -0.1) is 0 Å². The third-order valence-corrected chi connectivity index (χ3v) is 9.73. The van der Waals surface area contributed by atoms with Crippen molar-refractivity contribution in [2.24, 2.45) is 0 Å². The Kier molecular flexibility index (Phi) is 10.5. The van der Waals surface area contributed by atoms with Crippen molar-refractivity contribution in [2.75, 3.05) is 26.2 Å². The van der Waals surface area contributed by atoms with Gasteiger partial charge in [-0.05, 0) is 74.2 Å². The number of nitrogens with zero attached hydrogens (tertiary/aromatic N) is 2. The van der Waals surface area contributed by atoms with Crippen LogP contribution in [0.5, 0.6) is 11.5 Å². The maximum absolute atomic E-state index is 12.5. The second kappa shape index (κ2) is 13.7. The number of carbonyl (C=O) groups is 2. The van der Waals surface area contributed by atoms with Crippen LogP contribution in [0.2, 0.25) is 25.7 Å². The summed E-state index contributed by atoms with van der Waals surface area (Å²) in [5, 5.41) is 0. The zero-order valence-electron chi connectivity index (χ0n) is 25.8. The fourth-order valence-electron chi connectivity index (χ4n) is 4.87. The third kappa shape index (κ3) is 9.66. The molecule has 230 valence electrons. The van der Waals surface area contributed by atoms with Crippen molar-refractivity contribution in [1.29, 1.82) is 0 Å². The Balaban J connectivity index is 1.22. The number of benzene rings is 2. The molecule has 2 heterocycles. The first kappa shape index (κ1) is 32.2. The molecule has 2 amide bonds. The SMILES string of the molecule is CC(C)(C)OC(=O)N1CCc2cc(OCc3ccc(OC4CCN(C(=O)OCC[Si](C)(C)C)CC4)cc3)cc(Br)c2C1. The quantitative estimate of drug-likeness (QED) is 0.271. The van der Waals surface area contributed by atoms with Crippen molar-refractivity contribution in [1.82, 2.24) is 9.80 Å². The monoisotopic (exact) mass is 660 g/mol. The molecule has 1 fully saturated rings. The Bertz CT molecular complexity index is 1230. The number of fused-ring (bicyclic) bond motifs is 1. The van der Waals surface area contributed by atoms with E-state index in [1.807, 2.05) is 51.1 Å². The Morgan fingerprint density at radius 1 is 0.952 bits per heavy atom. The first-order chi connectivity index (χ1) is 19.8. The summed E-state index contributed by atoms with van der Waals surface area (Å²) >= 11 is 3.68. The summed E-state index contributed by atoms with van der Waals surface area (Å²) in [6.07, 6.45) is 1.91. The second-order valence-electron chi connectivity index (χ2n) is 13.4. The fraction of sp³-hybridized carbons (Fsp3) is 0.562. The van der Waals surface area contributed by atoms with E-state index >= 15 is 0 Å². The van der Waals surface area contributed by atoms with Crippen molar-refractivity contribution in [2.45, 2.75) is 90.6 Å². The van der Waals surface area contributed by atoms with E-state index in [0.717, 1.165) is 52.4 Å². The summed E-state index contributed by atoms with van der Waals surface area (Å²) in [4.78, 5) is 28.4. The van der Waals surface area contributed by atoms with Crippen LogP contribution in [0.3, 0.4) is 0 Å². The number of rotatable bonds is 8. The maximum atomic E-state index is 12.5. The van der Waals surface area contributed by atoms with Gasteiger partial charge in [0.25, 0.3) is 0 Å². The number of carbonyl (C=O) groups excluding carboxylic acids is 2. The van der Waals surface area contributed by atoms with Crippen LogP contribution in [0.1, 0.15) is 50.3 Å². The van der Waals surface area contributed by atoms with E-state index < -0.39 is 13.7 Å². The molecule has 2 aliphatic rings. The minimum Gasteiger partial charge on any atom is -0.490 e. The topological polar surface area (TPSA) is 77.5 Å². The number of ether oxygens (including phenoxy) is 4. The molecule has 10 heteroatoms. The van der Waals surface area contributed by atoms with Gasteiger partial charge >= 0.3 is 12.2 Å². The lowest BCUT2D eigenvalue weighted by atomic mass is 9.99. The summed E-state index contributed by atoms with van der Waals surface area (Å²) in [5.41, 5.74) is 2.79. The highest BCUT2D eigenvalue weighted by Crippen LogP contribution is 2.32. The summed E-state index contributed by atoms with van der Waals surface area (Å²) in [5.74, 6) is 1.61. The van der Waals surface area contributed by atoms with Gasteiger partial charge in [-0.25, -0.2) is 9.59 Å². The van der Waals surface area contributed by atoms with E-state index in [4.69, 9.17) is 18.9 Å². The van der Waals surface area contributed by atoms with Crippen LogP contribution in [0, 0.1) is 0 Å². The predicted octanol–water partition coefficient (Wildman–Crippen LogP) is 7.64. The van der Waals surface area contributed by atoms with Gasteiger partial charge in [0, 0.05) is 45.0 Å². The van der Waals surface area contributed by atoms with Gasteiger partial charge in [0.2, 0.25) is 0 Å². The molecule has 0 unspecified atom stereocenters. The van der Waals surface area contributed by atoms with Crippen molar-refractivity contribution in [3.05, 3.63) is 57.6 Å². The minimum absolute atomic E-state index is 0.0808. The number of piperidine rings is 1. The minimum atomic E-state index is -1.21. The Hall–Kier alpha value is -2.72. The Labute approximate surface area is 259 Å². The number of amides is 2. The maximum Gasteiger partial charge on any atom is 0.410 e. The molecule has 8 nitrogen and oxygen atoms in total. The van der Waals surface area contributed by atoms with Crippen LogP contribution < -0.4 is 9.47 Å². The summed E-state index contributed by atoms with van der Waals surface area (Å²) in [6.45, 7) is 15.8. The Morgan fingerprint density at radius 3 is 2.29 bits per heavy atom. The van der Waals surface area contributed by atoms with Gasteiger partial charge in [0.15, 0.2) is 0 Å². The van der Waals surface area contributed by atoms with Crippen LogP contribution in [-0.4, -0.2) is 68.0 Å². The van der Waals surface area contributed by atoms with Crippen molar-refractivity contribution < 1.29 is 28.5 Å². The Morgan fingerprint density at radius 2 is 1.64 bits per heavy atom. The lowest BCUT2D eigenvalue weighted by molar-refractivity contribution is 0.0223. The van der Waals surface area contributed by atoms with E-state index in [2.05, 4.69) is 41.6 Å². The summed E-state index contributed by atoms with van der Waals surface area (Å²) in [7, 11) is -1.21. The van der Waals surface area contributed by atoms with E-state index in [0.29, 0.717) is 39.4 Å². The summed E-state index contributed by atoms with van der Waals surface area (Å²) in [6, 6.07) is 13.0. The average molecular weight is 662 g/mol. The number of halogens is 1. The summed E-state index contributed by atoms with van der Waals surface area (Å²) < 4.78 is 24.3. The highest BCUT2D eigenvalue weighted by molar-refractivity contribution is 9.10. The van der Waals surface area contributed by atoms with Crippen molar-refractivity contribution >= 4 is 36.2 Å². The molecule has 2 aliphatic heterocycles. The third-order valence-electron chi connectivity index (χ3n) is 7.32. The van der Waals surface area contributed by atoms with Gasteiger partial charge in [-0.2, -0.15) is 0 Å². The number of hydrogen-bond donors (Lipinski definition) is 0. The first-order valence-electron chi connectivity index (χ1n) is 14.8. The zero-order chi connectivity index (χ0) is 30.5. The standard InChI is InChI=1S/C32H45BrN2O6Si/c1-32(2,3)41-31(37)35-14-11-24-19-27(20-29(33)28(24)21-35)39-22-23-7-9-25(10-8-23)40-26-12-15-34(16-13-26)30(36)38-17-18-42(4,5)6/h7-10,19-20,26H,11-18,21-22H2,1-6H3. The molecule has 0 N–H and O–H groups in total. The molecule has 0 spiro atoms. The van der Waals surface area contributed by atoms with Gasteiger partial charge in [0.1, 0.15) is 29.8 Å². The molecule has 0 saturated carbocycles. The molecule has 0 radical (unpaired) electrons. The smallest absolute Gasteiger partial charge is 0.410 e. The predicted molar refractivity (Wildman–Crippen MR) is 170 cm³/mol. The normalized spacial score (nSPS) is 16.1. The molecular weight excluding hydrogens is 616 g/mol. The highest BCUT2D eigenvalue weighted by atomic mass is 79.9. The molecule has 2 aromatic carbocycles. The molecule has 4 rings (SSSR count). The van der Waals surface area contributed by atoms with Gasteiger partial charge in [0.05, 0.1) is 13.2 Å². The van der Waals surface area contributed by atoms with E-state index in [1.165, 1.54) is 5.56 Å². The van der Waals surface area contributed by atoms with E-state index in [-0.39, 0.29) is 18.3 Å². The lowest BCUT2D eigenvalue weighted by Crippen LogP contribution is -2.42. The van der Waals surface area contributed by atoms with Crippen LogP contribution >= 0.6 is 15.9 Å². The molecule has 42 heavy (non-hydrogen) atoms. The van der Waals surface area contributed by atoms with Gasteiger partial charge < -0.3 is 28.7 Å². The molecule has 2 aromatic rings. The molecule has 0 bridgehead atoms. The first-order valence-corrected chi connectivity index (χ1v) is 19.3. The lowest BCUT2D eigenvalue weighted by Gasteiger charge is -2.32. The molecular formula is C32H45BrN2O6Si. The number of hydrogen-bond acceptors (Lipinski definition) is 6. The zero-order valence-corrected chi connectivity index (χ0v) is 28.4. The van der Waals surface area contributed by atoms with Crippen LogP contribution in [0.15, 0.2) is 40.9 Å². The van der Waals surface area contributed by atoms with E-state index in [9.17, 15) is 9.59 Å². The molecule has 0 atom stereocenters.